The van der Waals surface area contributed by atoms with Crippen molar-refractivity contribution in [2.75, 3.05) is 24.3 Å². The van der Waals surface area contributed by atoms with Gasteiger partial charge in [-0.1, -0.05) is 0 Å². The summed E-state index contributed by atoms with van der Waals surface area (Å²) in [6.07, 6.45) is 0. The van der Waals surface area contributed by atoms with E-state index >= 15 is 0 Å². The third kappa shape index (κ3) is 3.10. The molecule has 0 aliphatic carbocycles. The summed E-state index contributed by atoms with van der Waals surface area (Å²) in [4.78, 5) is 13.5. The highest BCUT2D eigenvalue weighted by Gasteiger charge is 2.09. The molecule has 0 amide bonds. The van der Waals surface area contributed by atoms with Gasteiger partial charge in [-0.3, -0.25) is 0 Å². The van der Waals surface area contributed by atoms with Crippen molar-refractivity contribution in [3.63, 3.8) is 0 Å². The maximum atomic E-state index is 13.8. The second-order valence-corrected chi connectivity index (χ2v) is 4.39. The van der Waals surface area contributed by atoms with E-state index in [-0.39, 0.29) is 22.5 Å². The van der Waals surface area contributed by atoms with Crippen molar-refractivity contribution in [2.45, 2.75) is 0 Å². The molecule has 8 heteroatoms. The van der Waals surface area contributed by atoms with Gasteiger partial charge in [0.25, 0.3) is 0 Å². The summed E-state index contributed by atoms with van der Waals surface area (Å²) in [6, 6.07) is 5.90. The normalized spacial score (nSPS) is 9.95. The number of nitrogens with zero attached hydrogens (tertiary/aromatic N) is 5. The molecule has 1 aromatic carbocycles. The molecule has 0 fully saturated rings. The lowest BCUT2D eigenvalue weighted by atomic mass is 10.2. The number of nitrogens with one attached hydrogen (secondary N) is 1. The van der Waals surface area contributed by atoms with E-state index in [4.69, 9.17) is 16.9 Å². The second kappa shape index (κ2) is 5.67. The van der Waals surface area contributed by atoms with E-state index in [1.165, 1.54) is 12.1 Å². The highest BCUT2D eigenvalue weighted by atomic mass is 35.5. The van der Waals surface area contributed by atoms with E-state index in [0.29, 0.717) is 5.95 Å². The topological polar surface area (TPSA) is 77.7 Å². The Morgan fingerprint density at radius 1 is 1.30 bits per heavy atom. The molecule has 6 nitrogen and oxygen atoms in total. The Morgan fingerprint density at radius 3 is 2.65 bits per heavy atom. The number of anilines is 3. The summed E-state index contributed by atoms with van der Waals surface area (Å²) < 4.78 is 13.8. The molecular formula is C12H10ClFN6. The first-order valence-electron chi connectivity index (χ1n) is 5.55. The Kier molecular flexibility index (Phi) is 3.96. The van der Waals surface area contributed by atoms with Crippen LogP contribution in [0.3, 0.4) is 0 Å². The molecule has 0 saturated carbocycles. The summed E-state index contributed by atoms with van der Waals surface area (Å²) in [5.41, 5.74) is 0.381. The number of benzene rings is 1. The minimum absolute atomic E-state index is 0.000234. The molecule has 1 N–H and O–H groups in total. The van der Waals surface area contributed by atoms with E-state index in [2.05, 4.69) is 20.3 Å². The molecule has 0 atom stereocenters. The Morgan fingerprint density at radius 2 is 2.05 bits per heavy atom. The molecule has 102 valence electrons. The van der Waals surface area contributed by atoms with Crippen LogP contribution < -0.4 is 10.2 Å². The monoisotopic (exact) mass is 292 g/mol. The van der Waals surface area contributed by atoms with Crippen LogP contribution in [0.15, 0.2) is 18.2 Å². The number of aromatic nitrogens is 3. The molecule has 2 aromatic rings. The third-order valence-corrected chi connectivity index (χ3v) is 2.51. The Hall–Kier alpha value is -2.46. The van der Waals surface area contributed by atoms with Gasteiger partial charge in [-0.15, -0.1) is 0 Å². The van der Waals surface area contributed by atoms with Crippen molar-refractivity contribution < 1.29 is 4.39 Å². The summed E-state index contributed by atoms with van der Waals surface area (Å²) in [7, 11) is 3.50. The Labute approximate surface area is 119 Å². The van der Waals surface area contributed by atoms with Crippen LogP contribution in [0, 0.1) is 17.1 Å². The van der Waals surface area contributed by atoms with Gasteiger partial charge in [-0.2, -0.15) is 20.2 Å². The quantitative estimate of drug-likeness (QED) is 0.935. The molecule has 20 heavy (non-hydrogen) atoms. The van der Waals surface area contributed by atoms with Gasteiger partial charge < -0.3 is 10.2 Å². The van der Waals surface area contributed by atoms with Crippen molar-refractivity contribution in [2.24, 2.45) is 0 Å². The third-order valence-electron chi connectivity index (χ3n) is 2.34. The van der Waals surface area contributed by atoms with Crippen LogP contribution in [0.1, 0.15) is 5.56 Å². The van der Waals surface area contributed by atoms with Crippen LogP contribution in [0.5, 0.6) is 0 Å². The first-order valence-corrected chi connectivity index (χ1v) is 5.93. The predicted molar refractivity (Wildman–Crippen MR) is 73.6 cm³/mol. The zero-order valence-electron chi connectivity index (χ0n) is 10.7. The van der Waals surface area contributed by atoms with Gasteiger partial charge in [-0.05, 0) is 29.8 Å². The van der Waals surface area contributed by atoms with Crippen LogP contribution in [0.25, 0.3) is 0 Å². The minimum Gasteiger partial charge on any atom is -0.347 e. The van der Waals surface area contributed by atoms with E-state index in [0.717, 1.165) is 6.07 Å². The lowest BCUT2D eigenvalue weighted by Gasteiger charge is -2.12. The van der Waals surface area contributed by atoms with Gasteiger partial charge in [0, 0.05) is 14.1 Å². The standard InChI is InChI=1S/C12H10ClFN6/c1-20(2)12-18-10(13)17-11(19-12)16-9-4-3-7(6-15)5-8(9)14/h3-5H,1-2H3,(H,16,17,18,19). The van der Waals surface area contributed by atoms with E-state index in [1.54, 1.807) is 19.0 Å². The number of halogens is 2. The van der Waals surface area contributed by atoms with E-state index < -0.39 is 5.82 Å². The molecule has 0 aliphatic heterocycles. The van der Waals surface area contributed by atoms with Gasteiger partial charge in [0.2, 0.25) is 17.2 Å². The van der Waals surface area contributed by atoms with Gasteiger partial charge in [0.15, 0.2) is 0 Å². The summed E-state index contributed by atoms with van der Waals surface area (Å²) in [5, 5.41) is 11.4. The van der Waals surface area contributed by atoms with Crippen molar-refractivity contribution >= 4 is 29.2 Å². The van der Waals surface area contributed by atoms with Crippen molar-refractivity contribution in [3.05, 3.63) is 34.9 Å². The van der Waals surface area contributed by atoms with Gasteiger partial charge in [0.1, 0.15) is 5.82 Å². The zero-order valence-corrected chi connectivity index (χ0v) is 11.5. The molecule has 0 spiro atoms. The van der Waals surface area contributed by atoms with Crippen molar-refractivity contribution in [1.29, 1.82) is 5.26 Å². The minimum atomic E-state index is -0.577. The second-order valence-electron chi connectivity index (χ2n) is 4.05. The maximum absolute atomic E-state index is 13.8. The largest absolute Gasteiger partial charge is 0.347 e. The lowest BCUT2D eigenvalue weighted by molar-refractivity contribution is 0.631. The molecule has 0 unspecified atom stereocenters. The van der Waals surface area contributed by atoms with Crippen molar-refractivity contribution in [3.8, 4) is 6.07 Å². The molecular weight excluding hydrogens is 283 g/mol. The summed E-state index contributed by atoms with van der Waals surface area (Å²) in [6.45, 7) is 0. The van der Waals surface area contributed by atoms with Gasteiger partial charge in [-0.25, -0.2) is 4.39 Å². The van der Waals surface area contributed by atoms with Crippen LogP contribution in [0.2, 0.25) is 5.28 Å². The Bertz CT molecular complexity index is 682. The highest BCUT2D eigenvalue weighted by Crippen LogP contribution is 2.20. The summed E-state index contributed by atoms with van der Waals surface area (Å²) in [5.74, 6) is -0.106. The number of rotatable bonds is 3. The Balaban J connectivity index is 2.33. The molecule has 1 heterocycles. The average Bonchev–Trinajstić information content (AvgIpc) is 2.40. The zero-order chi connectivity index (χ0) is 14.7. The maximum Gasteiger partial charge on any atom is 0.233 e. The SMILES string of the molecule is CN(C)c1nc(Cl)nc(Nc2ccc(C#N)cc2F)n1. The van der Waals surface area contributed by atoms with Crippen LogP contribution >= 0.6 is 11.6 Å². The molecule has 1 aromatic heterocycles. The molecule has 0 bridgehead atoms. The molecule has 2 rings (SSSR count). The highest BCUT2D eigenvalue weighted by molar-refractivity contribution is 6.28. The first-order chi connectivity index (χ1) is 9.49. The molecule has 0 radical (unpaired) electrons. The fourth-order valence-corrected chi connectivity index (χ4v) is 1.56. The lowest BCUT2D eigenvalue weighted by Crippen LogP contribution is -2.14. The number of hydrogen-bond donors (Lipinski definition) is 1. The van der Waals surface area contributed by atoms with Crippen LogP contribution in [0.4, 0.5) is 22.0 Å². The van der Waals surface area contributed by atoms with Gasteiger partial charge in [0.05, 0.1) is 17.3 Å². The smallest absolute Gasteiger partial charge is 0.233 e. The molecule has 0 saturated heterocycles. The van der Waals surface area contributed by atoms with E-state index in [1.807, 2.05) is 6.07 Å². The predicted octanol–water partition coefficient (Wildman–Crippen LogP) is 2.35. The van der Waals surface area contributed by atoms with Crippen LogP contribution in [-0.4, -0.2) is 29.0 Å². The fourth-order valence-electron chi connectivity index (χ4n) is 1.40. The first kappa shape index (κ1) is 14.0. The fraction of sp³-hybridized carbons (Fsp3) is 0.167. The van der Waals surface area contributed by atoms with Gasteiger partial charge >= 0.3 is 0 Å². The van der Waals surface area contributed by atoms with E-state index in [9.17, 15) is 4.39 Å². The van der Waals surface area contributed by atoms with Crippen molar-refractivity contribution in [1.82, 2.24) is 15.0 Å². The number of hydrogen-bond acceptors (Lipinski definition) is 6. The average molecular weight is 293 g/mol. The number of nitriles is 1. The summed E-state index contributed by atoms with van der Waals surface area (Å²) >= 11 is 5.78. The molecule has 0 aliphatic rings. The van der Waals surface area contributed by atoms with Crippen LogP contribution in [-0.2, 0) is 0 Å².